The Balaban J connectivity index is 2.10. The summed E-state index contributed by atoms with van der Waals surface area (Å²) in [5, 5.41) is 1.60. The summed E-state index contributed by atoms with van der Waals surface area (Å²) >= 11 is 0.540. The summed E-state index contributed by atoms with van der Waals surface area (Å²) in [6.45, 7) is 1.14. The molecule has 1 aliphatic carbocycles. The van der Waals surface area contributed by atoms with Crippen molar-refractivity contribution in [2.45, 2.75) is 30.8 Å². The van der Waals surface area contributed by atoms with Gasteiger partial charge in [0.2, 0.25) is 0 Å². The number of halogens is 7. The Bertz CT molecular complexity index is 1200. The van der Waals surface area contributed by atoms with Crippen LogP contribution in [-0.4, -0.2) is 31.7 Å². The van der Waals surface area contributed by atoms with Crippen LogP contribution >= 0.6 is 11.3 Å². The maximum absolute atomic E-state index is 14.6. The van der Waals surface area contributed by atoms with Crippen molar-refractivity contribution >= 4 is 37.8 Å². The van der Waals surface area contributed by atoms with E-state index in [2.05, 4.69) is 0 Å². The second-order valence-corrected chi connectivity index (χ2v) is 8.18. The van der Waals surface area contributed by atoms with Gasteiger partial charge in [-0.05, 0) is 23.8 Å². The van der Waals surface area contributed by atoms with E-state index in [4.69, 9.17) is 9.47 Å². The molecule has 1 aromatic heterocycles. The molecule has 0 spiro atoms. The molecule has 1 atom stereocenters. The third-order valence-corrected chi connectivity index (χ3v) is 6.47. The topological polar surface area (TPSA) is 18.5 Å². The number of allylic oxidation sites excluding steroid dienone is 2. The standard InChI is InChI=1S/C21H15F7O2S/c1-10(30-9-29-2)14-15-12-6-4-3-5-11(12)7-8-13(15)31-17(14)16-18(22)20(25,26)21(27,28)19(16,23)24/h3-8,10H,9H2,1-2H3/t10-/m1/s1. The van der Waals surface area contributed by atoms with Gasteiger partial charge in [-0.3, -0.25) is 0 Å². The lowest BCUT2D eigenvalue weighted by Gasteiger charge is -2.25. The van der Waals surface area contributed by atoms with Gasteiger partial charge in [0.15, 0.2) is 5.83 Å². The van der Waals surface area contributed by atoms with Gasteiger partial charge in [-0.15, -0.1) is 11.3 Å². The highest BCUT2D eigenvalue weighted by Crippen LogP contribution is 2.64. The van der Waals surface area contributed by atoms with Crippen LogP contribution in [0.2, 0.25) is 0 Å². The normalized spacial score (nSPS) is 20.7. The van der Waals surface area contributed by atoms with Gasteiger partial charge in [0.1, 0.15) is 6.79 Å². The number of alkyl halides is 6. The Hall–Kier alpha value is -2.17. The largest absolute Gasteiger partial charge is 0.383 e. The monoisotopic (exact) mass is 464 g/mol. The zero-order chi connectivity index (χ0) is 22.8. The molecule has 4 rings (SSSR count). The average Bonchev–Trinajstić information content (AvgIpc) is 3.14. The van der Waals surface area contributed by atoms with E-state index in [1.165, 1.54) is 14.0 Å². The van der Waals surface area contributed by atoms with Gasteiger partial charge < -0.3 is 9.47 Å². The molecule has 166 valence electrons. The summed E-state index contributed by atoms with van der Waals surface area (Å²) in [4.78, 5) is -0.700. The number of rotatable bonds is 5. The minimum Gasteiger partial charge on any atom is -0.359 e. The molecule has 31 heavy (non-hydrogen) atoms. The fourth-order valence-electron chi connectivity index (χ4n) is 3.75. The first-order chi connectivity index (χ1) is 14.5. The van der Waals surface area contributed by atoms with E-state index in [-0.39, 0.29) is 12.4 Å². The number of ether oxygens (including phenoxy) is 2. The molecule has 0 fully saturated rings. The molecule has 0 radical (unpaired) electrons. The van der Waals surface area contributed by atoms with E-state index in [0.29, 0.717) is 32.2 Å². The predicted molar refractivity (Wildman–Crippen MR) is 104 cm³/mol. The van der Waals surface area contributed by atoms with Crippen LogP contribution in [-0.2, 0) is 9.47 Å². The van der Waals surface area contributed by atoms with Gasteiger partial charge >= 0.3 is 17.8 Å². The lowest BCUT2D eigenvalue weighted by Crippen LogP contribution is -2.48. The van der Waals surface area contributed by atoms with E-state index in [0.717, 1.165) is 0 Å². The van der Waals surface area contributed by atoms with E-state index < -0.39 is 40.1 Å². The van der Waals surface area contributed by atoms with Crippen LogP contribution in [0.15, 0.2) is 42.2 Å². The van der Waals surface area contributed by atoms with E-state index >= 15 is 0 Å². The lowest BCUT2D eigenvalue weighted by molar-refractivity contribution is -0.263. The number of fused-ring (bicyclic) bond motifs is 3. The number of benzene rings is 2. The first kappa shape index (κ1) is 22.0. The summed E-state index contributed by atoms with van der Waals surface area (Å²) in [6, 6.07) is 10.0. The Labute approximate surface area is 175 Å². The van der Waals surface area contributed by atoms with Gasteiger partial charge in [-0.2, -0.15) is 26.3 Å². The fraction of sp³-hybridized carbons (Fsp3) is 0.333. The average molecular weight is 464 g/mol. The summed E-state index contributed by atoms with van der Waals surface area (Å²) < 4.78 is 110. The molecular weight excluding hydrogens is 449 g/mol. The number of hydrogen-bond donors (Lipinski definition) is 0. The van der Waals surface area contributed by atoms with Crippen LogP contribution in [0.25, 0.3) is 26.4 Å². The molecule has 0 saturated heterocycles. The summed E-state index contributed by atoms with van der Waals surface area (Å²) in [5.41, 5.74) is -2.08. The summed E-state index contributed by atoms with van der Waals surface area (Å²) in [5.74, 6) is -19.8. The molecule has 0 N–H and O–H groups in total. The van der Waals surface area contributed by atoms with Crippen molar-refractivity contribution in [2.75, 3.05) is 13.9 Å². The molecule has 3 aromatic rings. The van der Waals surface area contributed by atoms with Crippen molar-refractivity contribution in [3.8, 4) is 0 Å². The summed E-state index contributed by atoms with van der Waals surface area (Å²) in [6.07, 6.45) is -1.05. The minimum atomic E-state index is -5.91. The van der Waals surface area contributed by atoms with Gasteiger partial charge in [0.25, 0.3) is 0 Å². The van der Waals surface area contributed by atoms with Crippen LogP contribution in [0, 0.1) is 0 Å². The van der Waals surface area contributed by atoms with Crippen molar-refractivity contribution in [3.63, 3.8) is 0 Å². The lowest BCUT2D eigenvalue weighted by atomic mass is 9.96. The van der Waals surface area contributed by atoms with Crippen LogP contribution in [0.1, 0.15) is 23.5 Å². The molecule has 2 aromatic carbocycles. The van der Waals surface area contributed by atoms with Crippen molar-refractivity contribution < 1.29 is 40.2 Å². The first-order valence-electron chi connectivity index (χ1n) is 9.06. The van der Waals surface area contributed by atoms with Crippen LogP contribution in [0.4, 0.5) is 30.7 Å². The molecular formula is C21H15F7O2S. The van der Waals surface area contributed by atoms with Crippen LogP contribution in [0.5, 0.6) is 0 Å². The molecule has 1 heterocycles. The predicted octanol–water partition coefficient (Wildman–Crippen LogP) is 7.34. The molecule has 0 bridgehead atoms. The first-order valence-corrected chi connectivity index (χ1v) is 9.87. The van der Waals surface area contributed by atoms with Crippen LogP contribution < -0.4 is 0 Å². The quantitative estimate of drug-likeness (QED) is 0.291. The Kier molecular flexibility index (Phi) is 5.10. The molecule has 0 saturated carbocycles. The SMILES string of the molecule is COCO[C@H](C)c1c(C2=C(F)C(F)(F)C(F)(F)C2(F)F)sc2ccc3ccccc3c12. The second kappa shape index (κ2) is 7.18. The fourth-order valence-corrected chi connectivity index (χ4v) is 5.12. The maximum Gasteiger partial charge on any atom is 0.383 e. The molecule has 0 amide bonds. The van der Waals surface area contributed by atoms with Crippen molar-refractivity contribution in [1.29, 1.82) is 0 Å². The van der Waals surface area contributed by atoms with Gasteiger partial charge in [0, 0.05) is 27.6 Å². The zero-order valence-electron chi connectivity index (χ0n) is 16.1. The van der Waals surface area contributed by atoms with Gasteiger partial charge in [-0.25, -0.2) is 4.39 Å². The Morgan fingerprint density at radius 2 is 1.65 bits per heavy atom. The molecule has 10 heteroatoms. The molecule has 0 unspecified atom stereocenters. The van der Waals surface area contributed by atoms with Crippen molar-refractivity contribution in [2.24, 2.45) is 0 Å². The zero-order valence-corrected chi connectivity index (χ0v) is 16.9. The minimum absolute atomic E-state index is 0.0767. The van der Waals surface area contributed by atoms with E-state index in [9.17, 15) is 30.7 Å². The van der Waals surface area contributed by atoms with Crippen LogP contribution in [0.3, 0.4) is 0 Å². The van der Waals surface area contributed by atoms with Crippen molar-refractivity contribution in [1.82, 2.24) is 0 Å². The number of hydrogen-bond acceptors (Lipinski definition) is 3. The molecule has 0 aliphatic heterocycles. The highest BCUT2D eigenvalue weighted by molar-refractivity contribution is 7.20. The van der Waals surface area contributed by atoms with E-state index in [1.807, 2.05) is 0 Å². The van der Waals surface area contributed by atoms with Crippen molar-refractivity contribution in [3.05, 3.63) is 52.7 Å². The third kappa shape index (κ3) is 2.91. The Morgan fingerprint density at radius 1 is 0.968 bits per heavy atom. The van der Waals surface area contributed by atoms with Gasteiger partial charge in [-0.1, -0.05) is 30.3 Å². The number of thiophene rings is 1. The summed E-state index contributed by atoms with van der Waals surface area (Å²) in [7, 11) is 1.31. The maximum atomic E-state index is 14.6. The highest BCUT2D eigenvalue weighted by Gasteiger charge is 2.81. The second-order valence-electron chi connectivity index (χ2n) is 7.13. The molecule has 2 nitrogen and oxygen atoms in total. The third-order valence-electron chi connectivity index (χ3n) is 5.28. The highest BCUT2D eigenvalue weighted by atomic mass is 32.1. The Morgan fingerprint density at radius 3 is 2.26 bits per heavy atom. The van der Waals surface area contributed by atoms with E-state index in [1.54, 1.807) is 36.4 Å². The molecule has 1 aliphatic rings. The van der Waals surface area contributed by atoms with Gasteiger partial charge in [0.05, 0.1) is 11.7 Å². The smallest absolute Gasteiger partial charge is 0.359 e. The number of methoxy groups -OCH3 is 1.